The first-order chi connectivity index (χ1) is 8.62. The highest BCUT2D eigenvalue weighted by molar-refractivity contribution is 5.68. The smallest absolute Gasteiger partial charge is 0.408 e. The average Bonchev–Trinajstić information content (AvgIpc) is 2.25. The van der Waals surface area contributed by atoms with Crippen molar-refractivity contribution in [2.75, 3.05) is 0 Å². The Morgan fingerprint density at radius 2 is 1.68 bits per heavy atom. The Hall–Kier alpha value is -1.58. The highest BCUT2D eigenvalue weighted by Gasteiger charge is 2.33. The molecule has 106 valence electrons. The Balaban J connectivity index is 2.73. The quantitative estimate of drug-likeness (QED) is 0.899. The van der Waals surface area contributed by atoms with Crippen LogP contribution < -0.4 is 5.32 Å². The van der Waals surface area contributed by atoms with Gasteiger partial charge in [-0.05, 0) is 40.2 Å². The van der Waals surface area contributed by atoms with Gasteiger partial charge >= 0.3 is 6.09 Å². The Kier molecular flexibility index (Phi) is 4.56. The molecular weight excluding hydrogens is 245 g/mol. The molecule has 0 aliphatic heterocycles. The van der Waals surface area contributed by atoms with Gasteiger partial charge in [-0.1, -0.05) is 30.3 Å². The van der Waals surface area contributed by atoms with Crippen LogP contribution in [0.5, 0.6) is 0 Å². The predicted octanol–water partition coefficient (Wildman–Crippen LogP) is 4.00. The van der Waals surface area contributed by atoms with Gasteiger partial charge in [0, 0.05) is 0 Å². The molecule has 4 heteroatoms. The third kappa shape index (κ3) is 4.89. The van der Waals surface area contributed by atoms with E-state index < -0.39 is 23.4 Å². The van der Waals surface area contributed by atoms with Crippen molar-refractivity contribution >= 4 is 6.09 Å². The summed E-state index contributed by atoms with van der Waals surface area (Å²) in [7, 11) is 0. The summed E-state index contributed by atoms with van der Waals surface area (Å²) in [6, 6.07) is 8.76. The van der Waals surface area contributed by atoms with Crippen LogP contribution in [-0.2, 0) is 4.74 Å². The molecule has 0 radical (unpaired) electrons. The van der Waals surface area contributed by atoms with Gasteiger partial charge in [0.2, 0.25) is 0 Å². The van der Waals surface area contributed by atoms with E-state index in [-0.39, 0.29) is 0 Å². The lowest BCUT2D eigenvalue weighted by Crippen LogP contribution is -2.48. The summed E-state index contributed by atoms with van der Waals surface area (Å²) in [6.45, 7) is 8.57. The van der Waals surface area contributed by atoms with Gasteiger partial charge in [0.25, 0.3) is 0 Å². The normalized spacial score (nSPS) is 13.8. The largest absolute Gasteiger partial charge is 0.444 e. The zero-order chi connectivity index (χ0) is 14.7. The van der Waals surface area contributed by atoms with Crippen molar-refractivity contribution in [2.45, 2.75) is 51.9 Å². The fraction of sp³-hybridized carbons (Fsp3) is 0.533. The van der Waals surface area contributed by atoms with E-state index in [1.54, 1.807) is 58.9 Å². The summed E-state index contributed by atoms with van der Waals surface area (Å²) >= 11 is 0. The molecule has 0 spiro atoms. The van der Waals surface area contributed by atoms with Crippen molar-refractivity contribution in [3.63, 3.8) is 0 Å². The lowest BCUT2D eigenvalue weighted by atomic mass is 9.93. The van der Waals surface area contributed by atoms with E-state index >= 15 is 0 Å². The molecule has 0 bridgehead atoms. The van der Waals surface area contributed by atoms with E-state index in [4.69, 9.17) is 4.74 Å². The fourth-order valence-corrected chi connectivity index (χ4v) is 1.67. The molecule has 0 saturated heterocycles. The molecule has 1 amide bonds. The molecule has 0 fully saturated rings. The third-order valence-electron chi connectivity index (χ3n) is 2.55. The number of benzene rings is 1. The Morgan fingerprint density at radius 1 is 1.16 bits per heavy atom. The Bertz CT molecular complexity index is 424. The van der Waals surface area contributed by atoms with E-state index in [9.17, 15) is 9.18 Å². The summed E-state index contributed by atoms with van der Waals surface area (Å²) in [5.74, 6) is 0. The number of ether oxygens (including phenoxy) is 1. The Labute approximate surface area is 114 Å². The standard InChI is InChI=1S/C15H22FNO2/c1-14(2,3)19-13(18)17-15(4,5)12(16)11-9-7-6-8-10-11/h6-10,12H,1-5H3,(H,17,18). The van der Waals surface area contributed by atoms with Gasteiger partial charge in [0.05, 0.1) is 5.54 Å². The number of hydrogen-bond donors (Lipinski definition) is 1. The molecule has 1 aromatic rings. The third-order valence-corrected chi connectivity index (χ3v) is 2.55. The second kappa shape index (κ2) is 5.59. The van der Waals surface area contributed by atoms with E-state index in [0.717, 1.165) is 0 Å². The molecule has 0 heterocycles. The minimum Gasteiger partial charge on any atom is -0.444 e. The van der Waals surface area contributed by atoms with Crippen LogP contribution in [-0.4, -0.2) is 17.2 Å². The molecule has 0 aliphatic rings. The molecule has 1 atom stereocenters. The van der Waals surface area contributed by atoms with Crippen LogP contribution in [0.3, 0.4) is 0 Å². The summed E-state index contributed by atoms with van der Waals surface area (Å²) in [5, 5.41) is 2.57. The van der Waals surface area contributed by atoms with Crippen molar-refractivity contribution < 1.29 is 13.9 Å². The molecular formula is C15H22FNO2. The Morgan fingerprint density at radius 3 is 2.16 bits per heavy atom. The molecule has 0 aromatic heterocycles. The van der Waals surface area contributed by atoms with Crippen LogP contribution in [0.15, 0.2) is 30.3 Å². The maximum atomic E-state index is 14.4. The van der Waals surface area contributed by atoms with Crippen LogP contribution in [0.1, 0.15) is 46.4 Å². The maximum Gasteiger partial charge on any atom is 0.408 e. The van der Waals surface area contributed by atoms with Gasteiger partial charge < -0.3 is 10.1 Å². The van der Waals surface area contributed by atoms with Gasteiger partial charge in [0.1, 0.15) is 11.8 Å². The van der Waals surface area contributed by atoms with Crippen LogP contribution in [0.4, 0.5) is 9.18 Å². The van der Waals surface area contributed by atoms with Crippen LogP contribution >= 0.6 is 0 Å². The highest BCUT2D eigenvalue weighted by atomic mass is 19.1. The lowest BCUT2D eigenvalue weighted by molar-refractivity contribution is 0.0410. The monoisotopic (exact) mass is 267 g/mol. The molecule has 1 unspecified atom stereocenters. The van der Waals surface area contributed by atoms with Crippen molar-refractivity contribution in [2.24, 2.45) is 0 Å². The van der Waals surface area contributed by atoms with Gasteiger partial charge in [-0.15, -0.1) is 0 Å². The number of carbonyl (C=O) groups excluding carboxylic acids is 1. The first kappa shape index (κ1) is 15.5. The molecule has 1 rings (SSSR count). The number of alkyl halides is 1. The lowest BCUT2D eigenvalue weighted by Gasteiger charge is -2.31. The number of amides is 1. The minimum atomic E-state index is -1.30. The molecule has 0 saturated carbocycles. The topological polar surface area (TPSA) is 38.3 Å². The zero-order valence-corrected chi connectivity index (χ0v) is 12.2. The van der Waals surface area contributed by atoms with Gasteiger partial charge in [-0.2, -0.15) is 0 Å². The average molecular weight is 267 g/mol. The summed E-state index contributed by atoms with van der Waals surface area (Å²) in [4.78, 5) is 11.7. The van der Waals surface area contributed by atoms with E-state index in [2.05, 4.69) is 5.32 Å². The zero-order valence-electron chi connectivity index (χ0n) is 12.2. The number of carbonyl (C=O) groups is 1. The first-order valence-electron chi connectivity index (χ1n) is 6.32. The van der Waals surface area contributed by atoms with E-state index in [1.165, 1.54) is 0 Å². The second-order valence-corrected chi connectivity index (χ2v) is 6.12. The maximum absolute atomic E-state index is 14.4. The van der Waals surface area contributed by atoms with Crippen molar-refractivity contribution in [3.05, 3.63) is 35.9 Å². The molecule has 19 heavy (non-hydrogen) atoms. The van der Waals surface area contributed by atoms with Crippen molar-refractivity contribution in [1.29, 1.82) is 0 Å². The number of hydrogen-bond acceptors (Lipinski definition) is 2. The van der Waals surface area contributed by atoms with Crippen LogP contribution in [0, 0.1) is 0 Å². The fourth-order valence-electron chi connectivity index (χ4n) is 1.67. The summed E-state index contributed by atoms with van der Waals surface area (Å²) < 4.78 is 19.6. The van der Waals surface area contributed by atoms with Crippen molar-refractivity contribution in [3.8, 4) is 0 Å². The number of rotatable bonds is 3. The number of nitrogens with one attached hydrogen (secondary N) is 1. The highest BCUT2D eigenvalue weighted by Crippen LogP contribution is 2.29. The van der Waals surface area contributed by atoms with Crippen molar-refractivity contribution in [1.82, 2.24) is 5.32 Å². The SMILES string of the molecule is CC(C)(C)OC(=O)NC(C)(C)C(F)c1ccccc1. The number of alkyl carbamates (subject to hydrolysis) is 1. The number of halogens is 1. The molecule has 1 aromatic carbocycles. The van der Waals surface area contributed by atoms with Crippen LogP contribution in [0.2, 0.25) is 0 Å². The summed E-state index contributed by atoms with van der Waals surface area (Å²) in [5.41, 5.74) is -1.11. The molecule has 0 aliphatic carbocycles. The van der Waals surface area contributed by atoms with E-state index in [0.29, 0.717) is 5.56 Å². The molecule has 1 N–H and O–H groups in total. The predicted molar refractivity (Wildman–Crippen MR) is 73.7 cm³/mol. The van der Waals surface area contributed by atoms with E-state index in [1.807, 2.05) is 6.07 Å². The van der Waals surface area contributed by atoms with Crippen LogP contribution in [0.25, 0.3) is 0 Å². The van der Waals surface area contributed by atoms with Gasteiger partial charge in [0.15, 0.2) is 0 Å². The minimum absolute atomic E-state index is 0.531. The van der Waals surface area contributed by atoms with Gasteiger partial charge in [-0.25, -0.2) is 9.18 Å². The van der Waals surface area contributed by atoms with Gasteiger partial charge in [-0.3, -0.25) is 0 Å². The summed E-state index contributed by atoms with van der Waals surface area (Å²) in [6.07, 6.45) is -1.92. The second-order valence-electron chi connectivity index (χ2n) is 6.12. The first-order valence-corrected chi connectivity index (χ1v) is 6.32. The molecule has 3 nitrogen and oxygen atoms in total.